The van der Waals surface area contributed by atoms with Gasteiger partial charge in [-0.2, -0.15) is 0 Å². The number of unbranched alkanes of at least 4 members (excludes halogenated alkanes) is 28. The van der Waals surface area contributed by atoms with Gasteiger partial charge in [-0.15, -0.1) is 0 Å². The molecule has 0 aliphatic heterocycles. The predicted octanol–water partition coefficient (Wildman–Crippen LogP) is 10.3. The molecule has 9 N–H and O–H groups in total. The molecular formula is C52H100NO12P. The molecule has 0 radical (unpaired) electrons. The second kappa shape index (κ2) is 41.6. The zero-order valence-corrected chi connectivity index (χ0v) is 42.5. The normalized spacial score (nSPS) is 22.5. The van der Waals surface area contributed by atoms with Crippen LogP contribution in [0.3, 0.4) is 0 Å². The van der Waals surface area contributed by atoms with Gasteiger partial charge in [-0.3, -0.25) is 13.8 Å². The molecule has 66 heavy (non-hydrogen) atoms. The molecule has 390 valence electrons. The lowest BCUT2D eigenvalue weighted by molar-refractivity contribution is -0.220. The second-order valence-electron chi connectivity index (χ2n) is 19.3. The maximum Gasteiger partial charge on any atom is 0.472 e. The molecule has 0 aromatic carbocycles. The lowest BCUT2D eigenvalue weighted by Gasteiger charge is -2.41. The second-order valence-corrected chi connectivity index (χ2v) is 20.7. The number of phosphoric ester groups is 1. The highest BCUT2D eigenvalue weighted by atomic mass is 31.2. The van der Waals surface area contributed by atoms with Crippen LogP contribution in [-0.4, -0.2) is 108 Å². The van der Waals surface area contributed by atoms with E-state index in [1.165, 1.54) is 122 Å². The largest absolute Gasteiger partial charge is 0.472 e. The SMILES string of the molecule is CCCCC/C=C\C/C=C\CCCCCCCC(O)CC(=O)NC(COP(=O)(O)OC1C(O)C(O)C(O)C(O)C1O)C(O)CCCCCCCCCCCCCCCCCCCCCCC. The molecule has 8 atom stereocenters. The summed E-state index contributed by atoms with van der Waals surface area (Å²) in [5.74, 6) is -0.566. The molecule has 0 heterocycles. The van der Waals surface area contributed by atoms with Gasteiger partial charge in [-0.05, 0) is 44.9 Å². The van der Waals surface area contributed by atoms with E-state index in [1.807, 2.05) is 0 Å². The maximum absolute atomic E-state index is 13.1. The highest BCUT2D eigenvalue weighted by Gasteiger charge is 2.51. The van der Waals surface area contributed by atoms with E-state index in [4.69, 9.17) is 9.05 Å². The smallest absolute Gasteiger partial charge is 0.393 e. The highest BCUT2D eigenvalue weighted by molar-refractivity contribution is 7.47. The number of amides is 1. The van der Waals surface area contributed by atoms with Gasteiger partial charge in [0.15, 0.2) is 0 Å². The van der Waals surface area contributed by atoms with Gasteiger partial charge in [0.1, 0.15) is 36.6 Å². The van der Waals surface area contributed by atoms with E-state index in [9.17, 15) is 50.0 Å². The van der Waals surface area contributed by atoms with E-state index >= 15 is 0 Å². The molecule has 1 aliphatic carbocycles. The molecule has 1 amide bonds. The van der Waals surface area contributed by atoms with E-state index in [2.05, 4.69) is 43.5 Å². The Labute approximate surface area is 401 Å². The number of allylic oxidation sites excluding steroid dienone is 4. The van der Waals surface area contributed by atoms with Gasteiger partial charge < -0.3 is 46.0 Å². The van der Waals surface area contributed by atoms with Crippen LogP contribution < -0.4 is 5.32 Å². The first-order valence-corrected chi connectivity index (χ1v) is 28.4. The van der Waals surface area contributed by atoms with E-state index in [0.29, 0.717) is 12.8 Å². The van der Waals surface area contributed by atoms with Crippen LogP contribution in [0.25, 0.3) is 0 Å². The Kier molecular flexibility index (Phi) is 39.5. The van der Waals surface area contributed by atoms with Crippen LogP contribution >= 0.6 is 7.82 Å². The van der Waals surface area contributed by atoms with E-state index in [-0.39, 0.29) is 12.8 Å². The molecule has 0 bridgehead atoms. The van der Waals surface area contributed by atoms with Crippen LogP contribution in [0.2, 0.25) is 0 Å². The van der Waals surface area contributed by atoms with Gasteiger partial charge in [0.2, 0.25) is 5.91 Å². The number of aliphatic hydroxyl groups is 7. The van der Waals surface area contributed by atoms with Gasteiger partial charge >= 0.3 is 7.82 Å². The lowest BCUT2D eigenvalue weighted by atomic mass is 9.85. The summed E-state index contributed by atoms with van der Waals surface area (Å²) < 4.78 is 23.0. The molecule has 1 saturated carbocycles. The quantitative estimate of drug-likeness (QED) is 0.0158. The Morgan fingerprint density at radius 2 is 0.894 bits per heavy atom. The van der Waals surface area contributed by atoms with Crippen molar-refractivity contribution in [3.05, 3.63) is 24.3 Å². The summed E-state index contributed by atoms with van der Waals surface area (Å²) in [5.41, 5.74) is 0. The lowest BCUT2D eigenvalue weighted by Crippen LogP contribution is -2.64. The van der Waals surface area contributed by atoms with Gasteiger partial charge in [-0.25, -0.2) is 4.57 Å². The topological polar surface area (TPSA) is 226 Å². The standard InChI is InChI=1S/C52H100NO12P/c1-3-5-7-9-11-13-15-17-19-20-21-22-23-24-26-28-30-32-34-36-38-40-45(55)44(42-64-66(62,63)65-52-50(60)48(58)47(57)49(59)51(52)61)53-46(56)41-43(54)39-37-35-33-31-29-27-25-18-16-14-12-10-8-6-4-2/h12,14,18,25,43-45,47-52,54-55,57-61H,3-11,13,15-17,19-24,26-42H2,1-2H3,(H,53,56)(H,62,63)/b14-12-,25-18-. The van der Waals surface area contributed by atoms with Crippen molar-refractivity contribution in [3.63, 3.8) is 0 Å². The number of phosphoric acid groups is 1. The first-order valence-electron chi connectivity index (χ1n) is 26.9. The molecule has 14 heteroatoms. The monoisotopic (exact) mass is 962 g/mol. The minimum absolute atomic E-state index is 0.230. The van der Waals surface area contributed by atoms with Crippen LogP contribution in [0.15, 0.2) is 24.3 Å². The third-order valence-electron chi connectivity index (χ3n) is 13.1. The predicted molar refractivity (Wildman–Crippen MR) is 266 cm³/mol. The van der Waals surface area contributed by atoms with Crippen molar-refractivity contribution < 1.29 is 59.0 Å². The van der Waals surface area contributed by atoms with E-state index in [0.717, 1.165) is 77.0 Å². The van der Waals surface area contributed by atoms with Gasteiger partial charge in [0, 0.05) is 0 Å². The Morgan fingerprint density at radius 3 is 1.35 bits per heavy atom. The number of carbonyl (C=O) groups is 1. The number of hydrogen-bond donors (Lipinski definition) is 9. The third-order valence-corrected chi connectivity index (χ3v) is 14.1. The molecule has 0 saturated heterocycles. The number of carbonyl (C=O) groups excluding carboxylic acids is 1. The van der Waals surface area contributed by atoms with Crippen molar-refractivity contribution in [3.8, 4) is 0 Å². The molecule has 13 nitrogen and oxygen atoms in total. The highest BCUT2D eigenvalue weighted by Crippen LogP contribution is 2.47. The summed E-state index contributed by atoms with van der Waals surface area (Å²) >= 11 is 0. The first-order chi connectivity index (χ1) is 31.8. The Balaban J connectivity index is 2.44. The average Bonchev–Trinajstić information content (AvgIpc) is 3.29. The molecular weight excluding hydrogens is 862 g/mol. The zero-order valence-electron chi connectivity index (χ0n) is 41.6. The molecule has 8 unspecified atom stereocenters. The molecule has 0 spiro atoms. The third kappa shape index (κ3) is 32.6. The molecule has 1 aliphatic rings. The number of hydrogen-bond acceptors (Lipinski definition) is 11. The van der Waals surface area contributed by atoms with Gasteiger partial charge in [0.05, 0.1) is 31.3 Å². The minimum Gasteiger partial charge on any atom is -0.393 e. The summed E-state index contributed by atoms with van der Waals surface area (Å²) in [7, 11) is -5.12. The summed E-state index contributed by atoms with van der Waals surface area (Å²) in [6.07, 6.45) is 33.6. The van der Waals surface area contributed by atoms with Crippen molar-refractivity contribution in [2.45, 2.75) is 293 Å². The zero-order chi connectivity index (χ0) is 48.7. The van der Waals surface area contributed by atoms with E-state index < -0.39 is 75.2 Å². The number of nitrogens with one attached hydrogen (secondary N) is 1. The fourth-order valence-corrected chi connectivity index (χ4v) is 9.66. The minimum atomic E-state index is -5.12. The maximum atomic E-state index is 13.1. The molecule has 0 aromatic heterocycles. The van der Waals surface area contributed by atoms with Crippen LogP contribution in [0.5, 0.6) is 0 Å². The number of rotatable bonds is 45. The van der Waals surface area contributed by atoms with Crippen molar-refractivity contribution in [1.29, 1.82) is 0 Å². The fraction of sp³-hybridized carbons (Fsp3) is 0.904. The Morgan fingerprint density at radius 1 is 0.530 bits per heavy atom. The van der Waals surface area contributed by atoms with Crippen molar-refractivity contribution in [2.75, 3.05) is 6.61 Å². The number of aliphatic hydroxyl groups excluding tert-OH is 7. The molecule has 1 rings (SSSR count). The summed E-state index contributed by atoms with van der Waals surface area (Å²) in [6.45, 7) is 3.79. The summed E-state index contributed by atoms with van der Waals surface area (Å²) in [4.78, 5) is 23.6. The fourth-order valence-electron chi connectivity index (χ4n) is 8.69. The van der Waals surface area contributed by atoms with Gasteiger partial charge in [-0.1, -0.05) is 212 Å². The average molecular weight is 962 g/mol. The summed E-state index contributed by atoms with van der Waals surface area (Å²) in [5, 5.41) is 74.9. The summed E-state index contributed by atoms with van der Waals surface area (Å²) in [6, 6.07) is -1.16. The molecule has 1 fully saturated rings. The molecule has 0 aromatic rings. The van der Waals surface area contributed by atoms with Crippen LogP contribution in [0.1, 0.15) is 239 Å². The van der Waals surface area contributed by atoms with Crippen LogP contribution in [-0.2, 0) is 18.4 Å². The van der Waals surface area contributed by atoms with Crippen LogP contribution in [0.4, 0.5) is 0 Å². The van der Waals surface area contributed by atoms with Crippen molar-refractivity contribution in [2.24, 2.45) is 0 Å². The van der Waals surface area contributed by atoms with Gasteiger partial charge in [0.25, 0.3) is 0 Å². The Hall–Kier alpha value is -1.22. The van der Waals surface area contributed by atoms with Crippen LogP contribution in [0, 0.1) is 0 Å². The van der Waals surface area contributed by atoms with E-state index in [1.54, 1.807) is 0 Å². The van der Waals surface area contributed by atoms with Crippen molar-refractivity contribution in [1.82, 2.24) is 5.32 Å². The van der Waals surface area contributed by atoms with Crippen molar-refractivity contribution >= 4 is 13.7 Å². The Bertz CT molecular complexity index is 1230. The first kappa shape index (κ1) is 62.8.